The molecule has 0 saturated carbocycles. The van der Waals surface area contributed by atoms with Crippen LogP contribution in [0.15, 0.2) is 58.7 Å². The van der Waals surface area contributed by atoms with Gasteiger partial charge in [0.1, 0.15) is 0 Å². The molecule has 6 nitrogen and oxygen atoms in total. The van der Waals surface area contributed by atoms with Crippen molar-refractivity contribution in [3.05, 3.63) is 64.7 Å². The molecule has 0 radical (unpaired) electrons. The van der Waals surface area contributed by atoms with E-state index in [1.807, 2.05) is 44.2 Å². The molecule has 0 unspecified atom stereocenters. The molecule has 0 fully saturated rings. The first-order valence-corrected chi connectivity index (χ1v) is 7.41. The maximum absolute atomic E-state index is 12.5. The van der Waals surface area contributed by atoms with Gasteiger partial charge in [0.25, 0.3) is 5.56 Å². The molecule has 6 heteroatoms. The highest BCUT2D eigenvalue weighted by atomic mass is 16.1. The molecule has 3 rings (SSSR count). The van der Waals surface area contributed by atoms with Gasteiger partial charge in [-0.2, -0.15) is 5.10 Å². The number of hydrogen-bond acceptors (Lipinski definition) is 5. The minimum Gasteiger partial charge on any atom is -0.277 e. The van der Waals surface area contributed by atoms with E-state index in [4.69, 9.17) is 0 Å². The number of benzene rings is 1. The molecule has 0 aliphatic carbocycles. The molecule has 0 saturated heterocycles. The van der Waals surface area contributed by atoms with Crippen molar-refractivity contribution in [2.45, 2.75) is 20.4 Å². The Labute approximate surface area is 133 Å². The number of aromatic nitrogens is 3. The Morgan fingerprint density at radius 3 is 2.83 bits per heavy atom. The van der Waals surface area contributed by atoms with E-state index in [0.717, 1.165) is 11.3 Å². The highest BCUT2D eigenvalue weighted by Crippen LogP contribution is 2.11. The van der Waals surface area contributed by atoms with Crippen LogP contribution in [0.3, 0.4) is 0 Å². The van der Waals surface area contributed by atoms with Crippen LogP contribution in [0.4, 0.5) is 5.95 Å². The van der Waals surface area contributed by atoms with Gasteiger partial charge < -0.3 is 0 Å². The van der Waals surface area contributed by atoms with Crippen molar-refractivity contribution >= 4 is 22.6 Å². The second-order valence-electron chi connectivity index (χ2n) is 5.05. The first-order chi connectivity index (χ1) is 11.2. The summed E-state index contributed by atoms with van der Waals surface area (Å²) in [5, 5.41) is 4.93. The van der Waals surface area contributed by atoms with E-state index in [-0.39, 0.29) is 5.56 Å². The van der Waals surface area contributed by atoms with Crippen molar-refractivity contribution in [2.24, 2.45) is 5.10 Å². The van der Waals surface area contributed by atoms with Gasteiger partial charge in [0.15, 0.2) is 0 Å². The van der Waals surface area contributed by atoms with E-state index in [9.17, 15) is 4.79 Å². The van der Waals surface area contributed by atoms with Gasteiger partial charge in [-0.1, -0.05) is 18.2 Å². The van der Waals surface area contributed by atoms with Gasteiger partial charge in [0, 0.05) is 24.5 Å². The fourth-order valence-electron chi connectivity index (χ4n) is 2.32. The van der Waals surface area contributed by atoms with E-state index >= 15 is 0 Å². The van der Waals surface area contributed by atoms with Crippen LogP contribution in [0.1, 0.15) is 19.4 Å². The Bertz CT molecular complexity index is 915. The molecular formula is C17H17N5O. The molecule has 0 aliphatic rings. The molecule has 0 amide bonds. The van der Waals surface area contributed by atoms with E-state index in [1.165, 1.54) is 0 Å². The number of pyridine rings is 1. The highest BCUT2D eigenvalue weighted by Gasteiger charge is 2.09. The standard InChI is InChI=1S/C17H17N5O/c1-3-22-16(23)14-8-4-5-9-15(14)19-17(22)21-20-12(2)13-7-6-10-18-11-13/h4-11H,3H2,1-2H3,(H,19,21)/b20-12-. The normalized spacial score (nSPS) is 11.7. The number of anilines is 1. The first-order valence-electron chi connectivity index (χ1n) is 7.41. The SMILES string of the molecule is CCn1c(N/N=C(/C)c2cccnc2)nc2ccccc2c1=O. The molecule has 1 aromatic carbocycles. The van der Waals surface area contributed by atoms with E-state index in [2.05, 4.69) is 20.5 Å². The maximum Gasteiger partial charge on any atom is 0.262 e. The molecule has 2 heterocycles. The number of nitrogens with one attached hydrogen (secondary N) is 1. The zero-order valence-corrected chi connectivity index (χ0v) is 13.0. The Morgan fingerprint density at radius 1 is 1.26 bits per heavy atom. The number of hydrogen-bond donors (Lipinski definition) is 1. The minimum absolute atomic E-state index is 0.0742. The molecule has 1 N–H and O–H groups in total. The number of para-hydroxylation sites is 1. The molecule has 2 aromatic heterocycles. The molecule has 0 aliphatic heterocycles. The summed E-state index contributed by atoms with van der Waals surface area (Å²) in [6.07, 6.45) is 3.45. The van der Waals surface area contributed by atoms with Crippen LogP contribution in [-0.2, 0) is 6.54 Å². The third-order valence-corrected chi connectivity index (χ3v) is 3.58. The topological polar surface area (TPSA) is 72.2 Å². The van der Waals surface area contributed by atoms with Crippen LogP contribution in [0.2, 0.25) is 0 Å². The molecule has 0 bridgehead atoms. The van der Waals surface area contributed by atoms with Crippen LogP contribution in [0.25, 0.3) is 10.9 Å². The summed E-state index contributed by atoms with van der Waals surface area (Å²) in [7, 11) is 0. The van der Waals surface area contributed by atoms with Crippen molar-refractivity contribution in [1.29, 1.82) is 0 Å². The Morgan fingerprint density at radius 2 is 2.09 bits per heavy atom. The fraction of sp³-hybridized carbons (Fsp3) is 0.176. The number of nitrogens with zero attached hydrogens (tertiary/aromatic N) is 4. The second-order valence-corrected chi connectivity index (χ2v) is 5.05. The smallest absolute Gasteiger partial charge is 0.262 e. The van der Waals surface area contributed by atoms with Gasteiger partial charge in [-0.05, 0) is 32.0 Å². The Balaban J connectivity index is 2.01. The maximum atomic E-state index is 12.5. The molecule has 116 valence electrons. The summed E-state index contributed by atoms with van der Waals surface area (Å²) in [6.45, 7) is 4.29. The Kier molecular flexibility index (Phi) is 4.14. The summed E-state index contributed by atoms with van der Waals surface area (Å²) in [5.74, 6) is 0.430. The monoisotopic (exact) mass is 307 g/mol. The number of rotatable bonds is 4. The summed E-state index contributed by atoms with van der Waals surface area (Å²) in [4.78, 5) is 21.1. The predicted molar refractivity (Wildman–Crippen MR) is 91.7 cm³/mol. The average molecular weight is 307 g/mol. The van der Waals surface area contributed by atoms with Crippen LogP contribution < -0.4 is 11.0 Å². The van der Waals surface area contributed by atoms with Crippen molar-refractivity contribution in [2.75, 3.05) is 5.43 Å². The molecule has 23 heavy (non-hydrogen) atoms. The van der Waals surface area contributed by atoms with Gasteiger partial charge in [-0.3, -0.25) is 14.3 Å². The van der Waals surface area contributed by atoms with Crippen molar-refractivity contribution < 1.29 is 0 Å². The average Bonchev–Trinajstić information content (AvgIpc) is 2.60. The van der Waals surface area contributed by atoms with Gasteiger partial charge in [-0.25, -0.2) is 10.4 Å². The third kappa shape index (κ3) is 2.96. The fourth-order valence-corrected chi connectivity index (χ4v) is 2.32. The zero-order valence-electron chi connectivity index (χ0n) is 13.0. The molecule has 3 aromatic rings. The van der Waals surface area contributed by atoms with Crippen LogP contribution in [0.5, 0.6) is 0 Å². The van der Waals surface area contributed by atoms with Crippen molar-refractivity contribution in [3.8, 4) is 0 Å². The second kappa shape index (κ2) is 6.39. The van der Waals surface area contributed by atoms with Crippen LogP contribution in [0, 0.1) is 0 Å². The van der Waals surface area contributed by atoms with Crippen molar-refractivity contribution in [3.63, 3.8) is 0 Å². The number of hydrazone groups is 1. The lowest BCUT2D eigenvalue weighted by Gasteiger charge is -2.11. The van der Waals surface area contributed by atoms with Gasteiger partial charge in [-0.15, -0.1) is 0 Å². The largest absolute Gasteiger partial charge is 0.277 e. The first kappa shape index (κ1) is 14.9. The highest BCUT2D eigenvalue weighted by molar-refractivity contribution is 5.98. The van der Waals surface area contributed by atoms with E-state index in [0.29, 0.717) is 23.4 Å². The van der Waals surface area contributed by atoms with Crippen molar-refractivity contribution in [1.82, 2.24) is 14.5 Å². The van der Waals surface area contributed by atoms with Gasteiger partial charge in [0.05, 0.1) is 16.6 Å². The minimum atomic E-state index is -0.0742. The molecule has 0 atom stereocenters. The molecular weight excluding hydrogens is 290 g/mol. The van der Waals surface area contributed by atoms with Crippen LogP contribution in [-0.4, -0.2) is 20.2 Å². The summed E-state index contributed by atoms with van der Waals surface area (Å²) >= 11 is 0. The zero-order chi connectivity index (χ0) is 16.2. The summed E-state index contributed by atoms with van der Waals surface area (Å²) < 4.78 is 1.57. The number of fused-ring (bicyclic) bond motifs is 1. The van der Waals surface area contributed by atoms with Crippen LogP contribution >= 0.6 is 0 Å². The van der Waals surface area contributed by atoms with Gasteiger partial charge in [0.2, 0.25) is 5.95 Å². The van der Waals surface area contributed by atoms with E-state index in [1.54, 1.807) is 23.0 Å². The van der Waals surface area contributed by atoms with Gasteiger partial charge >= 0.3 is 0 Å². The van der Waals surface area contributed by atoms with E-state index < -0.39 is 0 Å². The predicted octanol–water partition coefficient (Wildman–Crippen LogP) is 2.65. The summed E-state index contributed by atoms with van der Waals surface area (Å²) in [5.41, 5.74) is 5.16. The Hall–Kier alpha value is -3.02. The lowest BCUT2D eigenvalue weighted by atomic mass is 10.2. The molecule has 0 spiro atoms. The quantitative estimate of drug-likeness (QED) is 0.594. The lowest BCUT2D eigenvalue weighted by Crippen LogP contribution is -2.23. The third-order valence-electron chi connectivity index (χ3n) is 3.58. The summed E-state index contributed by atoms with van der Waals surface area (Å²) in [6, 6.07) is 11.1. The lowest BCUT2D eigenvalue weighted by molar-refractivity contribution is 0.724.